The Morgan fingerprint density at radius 2 is 1.92 bits per heavy atom. The molecule has 2 aromatic rings. The lowest BCUT2D eigenvalue weighted by Gasteiger charge is -2.18. The van der Waals surface area contributed by atoms with E-state index in [1.807, 2.05) is 26.0 Å². The van der Waals surface area contributed by atoms with Crippen LogP contribution in [0, 0.1) is 3.57 Å². The average Bonchev–Trinajstić information content (AvgIpc) is 2.90. The molecule has 0 saturated carbocycles. The summed E-state index contributed by atoms with van der Waals surface area (Å²) in [5, 5.41) is 1.20. The standard InChI is InChI=1S/C19H26INO2S/c1-4-7-8-9-13-16-17(20)14-11-10-12-15(18(14)24-16)23-19(22)21(5-2)6-3/h10-12H,4-9,13H2,1-3H3. The first kappa shape index (κ1) is 19.5. The molecule has 0 atom stereocenters. The molecule has 0 unspecified atom stereocenters. The minimum Gasteiger partial charge on any atom is -0.409 e. The Hall–Kier alpha value is -0.820. The first-order chi connectivity index (χ1) is 11.6. The van der Waals surface area contributed by atoms with Crippen molar-refractivity contribution in [2.75, 3.05) is 13.1 Å². The fourth-order valence-electron chi connectivity index (χ4n) is 2.71. The smallest absolute Gasteiger partial charge is 0.409 e. The number of amides is 1. The zero-order valence-corrected chi connectivity index (χ0v) is 17.7. The van der Waals surface area contributed by atoms with Crippen molar-refractivity contribution in [3.05, 3.63) is 26.6 Å². The molecule has 1 heterocycles. The molecule has 1 aromatic carbocycles. The van der Waals surface area contributed by atoms with Gasteiger partial charge in [0.25, 0.3) is 0 Å². The van der Waals surface area contributed by atoms with E-state index in [1.54, 1.807) is 16.2 Å². The van der Waals surface area contributed by atoms with Gasteiger partial charge in [0.15, 0.2) is 5.75 Å². The van der Waals surface area contributed by atoms with Crippen LogP contribution in [0.2, 0.25) is 0 Å². The molecule has 0 aliphatic heterocycles. The number of rotatable bonds is 8. The van der Waals surface area contributed by atoms with Gasteiger partial charge >= 0.3 is 6.09 Å². The summed E-state index contributed by atoms with van der Waals surface area (Å²) in [6.07, 6.45) is 5.92. The van der Waals surface area contributed by atoms with Crippen molar-refractivity contribution in [3.8, 4) is 5.75 Å². The van der Waals surface area contributed by atoms with Crippen LogP contribution >= 0.6 is 33.9 Å². The summed E-state index contributed by atoms with van der Waals surface area (Å²) in [6.45, 7) is 7.49. The summed E-state index contributed by atoms with van der Waals surface area (Å²) in [7, 11) is 0. The zero-order chi connectivity index (χ0) is 17.5. The molecule has 0 aliphatic rings. The molecule has 0 aliphatic carbocycles. The summed E-state index contributed by atoms with van der Waals surface area (Å²) in [5.74, 6) is 0.687. The number of carbonyl (C=O) groups is 1. The molecule has 0 radical (unpaired) electrons. The molecule has 0 saturated heterocycles. The number of thiophene rings is 1. The second-order valence-electron chi connectivity index (χ2n) is 5.82. The maximum atomic E-state index is 12.3. The Bertz CT molecular complexity index is 679. The highest BCUT2D eigenvalue weighted by Gasteiger charge is 2.17. The van der Waals surface area contributed by atoms with Crippen LogP contribution in [-0.2, 0) is 6.42 Å². The van der Waals surface area contributed by atoms with Crippen molar-refractivity contribution in [1.82, 2.24) is 4.90 Å². The largest absolute Gasteiger partial charge is 0.415 e. The molecule has 0 bridgehead atoms. The van der Waals surface area contributed by atoms with Crippen LogP contribution in [0.3, 0.4) is 0 Å². The molecule has 0 N–H and O–H groups in total. The molecule has 0 spiro atoms. The number of fused-ring (bicyclic) bond motifs is 1. The highest BCUT2D eigenvalue weighted by atomic mass is 127. The first-order valence-corrected chi connectivity index (χ1v) is 10.7. The molecule has 5 heteroatoms. The number of unbranched alkanes of at least 4 members (excludes halogenated alkanes) is 3. The second-order valence-corrected chi connectivity index (χ2v) is 8.01. The third kappa shape index (κ3) is 4.63. The van der Waals surface area contributed by atoms with Crippen molar-refractivity contribution in [3.63, 3.8) is 0 Å². The molecule has 1 aromatic heterocycles. The monoisotopic (exact) mass is 459 g/mol. The highest BCUT2D eigenvalue weighted by molar-refractivity contribution is 14.1. The minimum atomic E-state index is -0.264. The van der Waals surface area contributed by atoms with Crippen LogP contribution in [0.1, 0.15) is 51.3 Å². The van der Waals surface area contributed by atoms with Gasteiger partial charge in [-0.1, -0.05) is 38.3 Å². The molecule has 132 valence electrons. The number of halogens is 1. The van der Waals surface area contributed by atoms with Gasteiger partial charge in [0.1, 0.15) is 0 Å². The van der Waals surface area contributed by atoms with Gasteiger partial charge in [0.2, 0.25) is 0 Å². The van der Waals surface area contributed by atoms with Crippen molar-refractivity contribution >= 4 is 50.1 Å². The van der Waals surface area contributed by atoms with Crippen LogP contribution in [0.15, 0.2) is 18.2 Å². The maximum Gasteiger partial charge on any atom is 0.415 e. The lowest BCUT2D eigenvalue weighted by atomic mass is 10.1. The lowest BCUT2D eigenvalue weighted by molar-refractivity contribution is 0.158. The van der Waals surface area contributed by atoms with Gasteiger partial charge in [-0.05, 0) is 55.3 Å². The molecular weight excluding hydrogens is 433 g/mol. The first-order valence-electron chi connectivity index (χ1n) is 8.78. The normalized spacial score (nSPS) is 11.0. The highest BCUT2D eigenvalue weighted by Crippen LogP contribution is 2.39. The van der Waals surface area contributed by atoms with Crippen LogP contribution in [0.5, 0.6) is 5.75 Å². The van der Waals surface area contributed by atoms with E-state index in [0.717, 1.165) is 11.1 Å². The van der Waals surface area contributed by atoms with Crippen LogP contribution < -0.4 is 4.74 Å². The Morgan fingerprint density at radius 1 is 1.17 bits per heavy atom. The van der Waals surface area contributed by atoms with E-state index in [-0.39, 0.29) is 6.09 Å². The molecule has 0 fully saturated rings. The summed E-state index contributed by atoms with van der Waals surface area (Å²) >= 11 is 4.21. The number of carbonyl (C=O) groups excluding carboxylic acids is 1. The Balaban J connectivity index is 2.21. The third-order valence-electron chi connectivity index (χ3n) is 4.16. The van der Waals surface area contributed by atoms with Gasteiger partial charge in [0, 0.05) is 26.9 Å². The van der Waals surface area contributed by atoms with Gasteiger partial charge in [-0.25, -0.2) is 4.79 Å². The predicted molar refractivity (Wildman–Crippen MR) is 111 cm³/mol. The van der Waals surface area contributed by atoms with E-state index < -0.39 is 0 Å². The number of hydrogen-bond donors (Lipinski definition) is 0. The van der Waals surface area contributed by atoms with Crippen molar-refractivity contribution < 1.29 is 9.53 Å². The van der Waals surface area contributed by atoms with Gasteiger partial charge in [-0.15, -0.1) is 11.3 Å². The zero-order valence-electron chi connectivity index (χ0n) is 14.7. The molecular formula is C19H26INO2S. The average molecular weight is 459 g/mol. The quantitative estimate of drug-likeness (QED) is 0.335. The van der Waals surface area contributed by atoms with Gasteiger partial charge < -0.3 is 9.64 Å². The van der Waals surface area contributed by atoms with Crippen molar-refractivity contribution in [2.45, 2.75) is 52.9 Å². The van der Waals surface area contributed by atoms with Gasteiger partial charge in [-0.3, -0.25) is 0 Å². The summed E-state index contributed by atoms with van der Waals surface area (Å²) < 4.78 is 8.08. The predicted octanol–water partition coefficient (Wildman–Crippen LogP) is 6.47. The molecule has 2 rings (SSSR count). The number of aryl methyl sites for hydroxylation is 1. The van der Waals surface area contributed by atoms with Gasteiger partial charge in [0.05, 0.1) is 4.70 Å². The van der Waals surface area contributed by atoms with Crippen molar-refractivity contribution in [2.24, 2.45) is 0 Å². The number of hydrogen-bond acceptors (Lipinski definition) is 3. The minimum absolute atomic E-state index is 0.264. The number of nitrogens with zero attached hydrogens (tertiary/aromatic N) is 1. The topological polar surface area (TPSA) is 29.5 Å². The van der Waals surface area contributed by atoms with E-state index >= 15 is 0 Å². The molecule has 3 nitrogen and oxygen atoms in total. The second kappa shape index (κ2) is 9.61. The summed E-state index contributed by atoms with van der Waals surface area (Å²) in [6, 6.07) is 6.00. The van der Waals surface area contributed by atoms with Crippen LogP contribution in [0.4, 0.5) is 4.79 Å². The maximum absolute atomic E-state index is 12.3. The Kier molecular flexibility index (Phi) is 7.81. The number of ether oxygens (including phenoxy) is 1. The Morgan fingerprint density at radius 3 is 2.58 bits per heavy atom. The van der Waals surface area contributed by atoms with Crippen LogP contribution in [-0.4, -0.2) is 24.1 Å². The van der Waals surface area contributed by atoms with Crippen molar-refractivity contribution in [1.29, 1.82) is 0 Å². The van der Waals surface area contributed by atoms with E-state index in [0.29, 0.717) is 18.8 Å². The Labute approximate surface area is 162 Å². The fraction of sp³-hybridized carbons (Fsp3) is 0.526. The summed E-state index contributed by atoms with van der Waals surface area (Å²) in [5.41, 5.74) is 0. The van der Waals surface area contributed by atoms with Crippen LogP contribution in [0.25, 0.3) is 10.1 Å². The van der Waals surface area contributed by atoms with Gasteiger partial charge in [-0.2, -0.15) is 0 Å². The van der Waals surface area contributed by atoms with E-state index in [9.17, 15) is 4.79 Å². The summed E-state index contributed by atoms with van der Waals surface area (Å²) in [4.78, 5) is 15.4. The van der Waals surface area contributed by atoms with E-state index in [2.05, 4.69) is 35.6 Å². The third-order valence-corrected chi connectivity index (χ3v) is 7.04. The molecule has 24 heavy (non-hydrogen) atoms. The van der Waals surface area contributed by atoms with E-state index in [4.69, 9.17) is 4.74 Å². The fourth-order valence-corrected chi connectivity index (χ4v) is 5.12. The SMILES string of the molecule is CCCCCCc1sc2c(OC(=O)N(CC)CC)cccc2c1I. The van der Waals surface area contributed by atoms with E-state index in [1.165, 1.54) is 39.5 Å². The number of benzene rings is 1. The lowest BCUT2D eigenvalue weighted by Crippen LogP contribution is -2.33. The molecule has 1 amide bonds.